The molecule has 0 heterocycles. The van der Waals surface area contributed by atoms with Gasteiger partial charge in [-0.15, -0.1) is 0 Å². The molecule has 1 atom stereocenters. The van der Waals surface area contributed by atoms with Gasteiger partial charge in [0.2, 0.25) is 0 Å². The van der Waals surface area contributed by atoms with Gasteiger partial charge >= 0.3 is 5.97 Å². The molecule has 0 aromatic heterocycles. The van der Waals surface area contributed by atoms with Crippen LogP contribution < -0.4 is 4.74 Å². The van der Waals surface area contributed by atoms with Crippen LogP contribution in [0.2, 0.25) is 0 Å². The van der Waals surface area contributed by atoms with Gasteiger partial charge in [0, 0.05) is 6.42 Å². The average Bonchev–Trinajstić information content (AvgIpc) is 2.56. The lowest BCUT2D eigenvalue weighted by atomic mass is 10.0. The second-order valence-electron chi connectivity index (χ2n) is 6.09. The fourth-order valence-corrected chi connectivity index (χ4v) is 2.86. The Hall–Kier alpha value is -2.81. The largest absolute Gasteiger partial charge is 0.478 e. The van der Waals surface area contributed by atoms with E-state index in [1.807, 2.05) is 68.4 Å². The minimum Gasteiger partial charge on any atom is -0.478 e. The van der Waals surface area contributed by atoms with Gasteiger partial charge in [0.1, 0.15) is 5.75 Å². The molecular formula is C21H20O3. The molecule has 3 nitrogen and oxygen atoms in total. The van der Waals surface area contributed by atoms with Gasteiger partial charge in [-0.3, -0.25) is 0 Å². The summed E-state index contributed by atoms with van der Waals surface area (Å²) in [5.74, 6) is -0.381. The Morgan fingerprint density at radius 2 is 1.75 bits per heavy atom. The maximum atomic E-state index is 11.6. The van der Waals surface area contributed by atoms with Crippen LogP contribution in [0.1, 0.15) is 16.7 Å². The Morgan fingerprint density at radius 3 is 2.46 bits per heavy atom. The van der Waals surface area contributed by atoms with Gasteiger partial charge in [0.25, 0.3) is 0 Å². The first kappa shape index (κ1) is 16.1. The zero-order valence-corrected chi connectivity index (χ0v) is 13.8. The Morgan fingerprint density at radius 1 is 1.00 bits per heavy atom. The van der Waals surface area contributed by atoms with E-state index in [1.165, 1.54) is 5.56 Å². The molecule has 0 unspecified atom stereocenters. The molecule has 0 bridgehead atoms. The van der Waals surface area contributed by atoms with E-state index >= 15 is 0 Å². The molecule has 3 heteroatoms. The first-order valence-corrected chi connectivity index (χ1v) is 7.97. The van der Waals surface area contributed by atoms with Crippen LogP contribution in [-0.2, 0) is 11.2 Å². The van der Waals surface area contributed by atoms with Gasteiger partial charge in [0.05, 0.1) is 0 Å². The van der Waals surface area contributed by atoms with Crippen molar-refractivity contribution in [3.8, 4) is 5.75 Å². The first-order chi connectivity index (χ1) is 11.5. The summed E-state index contributed by atoms with van der Waals surface area (Å²) in [4.78, 5) is 11.6. The highest BCUT2D eigenvalue weighted by Crippen LogP contribution is 2.23. The van der Waals surface area contributed by atoms with Crippen LogP contribution in [0.4, 0.5) is 0 Å². The number of carboxylic acids is 1. The summed E-state index contributed by atoms with van der Waals surface area (Å²) in [6, 6.07) is 19.6. The van der Waals surface area contributed by atoms with Gasteiger partial charge in [-0.05, 0) is 47.9 Å². The first-order valence-electron chi connectivity index (χ1n) is 7.97. The van der Waals surface area contributed by atoms with Crippen LogP contribution in [0.25, 0.3) is 10.8 Å². The molecule has 0 aliphatic carbocycles. The molecule has 0 fully saturated rings. The number of aliphatic carboxylic acids is 1. The van der Waals surface area contributed by atoms with E-state index < -0.39 is 12.1 Å². The van der Waals surface area contributed by atoms with Gasteiger partial charge in [0.15, 0.2) is 6.10 Å². The molecular weight excluding hydrogens is 300 g/mol. The molecule has 0 radical (unpaired) electrons. The Balaban J connectivity index is 1.83. The molecule has 3 aromatic rings. The fourth-order valence-electron chi connectivity index (χ4n) is 2.86. The summed E-state index contributed by atoms with van der Waals surface area (Å²) in [7, 11) is 0. The number of benzene rings is 3. The molecule has 0 aliphatic heterocycles. The summed E-state index contributed by atoms with van der Waals surface area (Å²) in [6.07, 6.45) is -0.568. The van der Waals surface area contributed by atoms with Gasteiger partial charge in [-0.25, -0.2) is 4.79 Å². The highest BCUT2D eigenvalue weighted by atomic mass is 16.5. The lowest BCUT2D eigenvalue weighted by molar-refractivity contribution is -0.145. The maximum absolute atomic E-state index is 11.6. The fraction of sp³-hybridized carbons (Fsp3) is 0.190. The normalized spacial score (nSPS) is 12.1. The zero-order valence-electron chi connectivity index (χ0n) is 13.8. The topological polar surface area (TPSA) is 46.5 Å². The third kappa shape index (κ3) is 3.57. The van der Waals surface area contributed by atoms with E-state index in [4.69, 9.17) is 4.74 Å². The lowest BCUT2D eigenvalue weighted by Gasteiger charge is -2.17. The lowest BCUT2D eigenvalue weighted by Crippen LogP contribution is -2.29. The quantitative estimate of drug-likeness (QED) is 0.751. The van der Waals surface area contributed by atoms with E-state index in [-0.39, 0.29) is 0 Å². The molecule has 0 spiro atoms. The van der Waals surface area contributed by atoms with E-state index in [2.05, 4.69) is 6.07 Å². The second-order valence-corrected chi connectivity index (χ2v) is 6.09. The number of carbonyl (C=O) groups is 1. The van der Waals surface area contributed by atoms with E-state index in [9.17, 15) is 9.90 Å². The van der Waals surface area contributed by atoms with Crippen LogP contribution >= 0.6 is 0 Å². The number of fused-ring (bicyclic) bond motifs is 1. The molecule has 0 amide bonds. The van der Waals surface area contributed by atoms with Crippen molar-refractivity contribution in [1.29, 1.82) is 0 Å². The van der Waals surface area contributed by atoms with Crippen molar-refractivity contribution >= 4 is 16.7 Å². The number of carboxylic acid groups (broad SMARTS) is 1. The minimum atomic E-state index is -0.955. The number of rotatable bonds is 5. The molecule has 122 valence electrons. The molecule has 0 aliphatic rings. The second kappa shape index (κ2) is 6.75. The Labute approximate surface area is 141 Å². The molecule has 0 saturated heterocycles. The van der Waals surface area contributed by atoms with Gasteiger partial charge in [-0.1, -0.05) is 54.1 Å². The van der Waals surface area contributed by atoms with E-state index in [0.717, 1.165) is 21.9 Å². The predicted molar refractivity (Wildman–Crippen MR) is 95.6 cm³/mol. The Kier molecular flexibility index (Phi) is 4.52. The van der Waals surface area contributed by atoms with Crippen molar-refractivity contribution in [2.75, 3.05) is 0 Å². The van der Waals surface area contributed by atoms with Crippen molar-refractivity contribution in [2.45, 2.75) is 26.4 Å². The SMILES string of the molecule is Cc1ccc(C[C@@H](Oc2ccc3ccccc3c2)C(=O)O)c(C)c1. The number of aryl methyl sites for hydroxylation is 2. The van der Waals surface area contributed by atoms with E-state index in [1.54, 1.807) is 0 Å². The van der Waals surface area contributed by atoms with Crippen molar-refractivity contribution in [3.63, 3.8) is 0 Å². The molecule has 3 rings (SSSR count). The molecule has 3 aromatic carbocycles. The van der Waals surface area contributed by atoms with Crippen molar-refractivity contribution < 1.29 is 14.6 Å². The highest BCUT2D eigenvalue weighted by Gasteiger charge is 2.21. The standard InChI is InChI=1S/C21H20O3/c1-14-7-8-17(15(2)11-14)13-20(21(22)23)24-19-10-9-16-5-3-4-6-18(16)12-19/h3-12,20H,13H2,1-2H3,(H,22,23)/t20-/m1/s1. The molecule has 0 saturated carbocycles. The van der Waals surface area contributed by atoms with E-state index in [0.29, 0.717) is 12.2 Å². The average molecular weight is 320 g/mol. The van der Waals surface area contributed by atoms with Crippen molar-refractivity contribution in [2.24, 2.45) is 0 Å². The zero-order chi connectivity index (χ0) is 17.1. The number of hydrogen-bond donors (Lipinski definition) is 1. The monoisotopic (exact) mass is 320 g/mol. The van der Waals surface area contributed by atoms with Crippen molar-refractivity contribution in [1.82, 2.24) is 0 Å². The molecule has 24 heavy (non-hydrogen) atoms. The number of ether oxygens (including phenoxy) is 1. The van der Waals surface area contributed by atoms with Crippen LogP contribution in [0.5, 0.6) is 5.75 Å². The third-order valence-electron chi connectivity index (χ3n) is 4.18. The minimum absolute atomic E-state index is 0.342. The summed E-state index contributed by atoms with van der Waals surface area (Å²) < 4.78 is 5.77. The summed E-state index contributed by atoms with van der Waals surface area (Å²) in [5, 5.41) is 11.7. The molecule has 1 N–H and O–H groups in total. The maximum Gasteiger partial charge on any atom is 0.345 e. The van der Waals surface area contributed by atoms with Crippen LogP contribution in [0.15, 0.2) is 60.7 Å². The smallest absolute Gasteiger partial charge is 0.345 e. The summed E-state index contributed by atoms with van der Waals surface area (Å²) in [6.45, 7) is 4.02. The predicted octanol–water partition coefficient (Wildman–Crippen LogP) is 4.53. The van der Waals surface area contributed by atoms with Crippen LogP contribution in [0, 0.1) is 13.8 Å². The van der Waals surface area contributed by atoms with Crippen LogP contribution in [-0.4, -0.2) is 17.2 Å². The third-order valence-corrected chi connectivity index (χ3v) is 4.18. The van der Waals surface area contributed by atoms with Crippen molar-refractivity contribution in [3.05, 3.63) is 77.4 Å². The Bertz CT molecular complexity index is 883. The number of hydrogen-bond acceptors (Lipinski definition) is 2. The van der Waals surface area contributed by atoms with Crippen LogP contribution in [0.3, 0.4) is 0 Å². The summed E-state index contributed by atoms with van der Waals surface area (Å²) >= 11 is 0. The van der Waals surface area contributed by atoms with Gasteiger partial charge in [-0.2, -0.15) is 0 Å². The van der Waals surface area contributed by atoms with Gasteiger partial charge < -0.3 is 9.84 Å². The highest BCUT2D eigenvalue weighted by molar-refractivity contribution is 5.84. The summed E-state index contributed by atoms with van der Waals surface area (Å²) in [5.41, 5.74) is 3.25.